The number of nitrogens with one attached hydrogen (secondary N) is 2. The Balaban J connectivity index is 1.47. The number of sulfonamides is 1. The normalized spacial score (nSPS) is 15.5. The summed E-state index contributed by atoms with van der Waals surface area (Å²) in [6.07, 6.45) is 3.80. The molecule has 0 radical (unpaired) electrons. The largest absolute Gasteiger partial charge is 0.361 e. The standard InChI is InChI=1S/C18H19N3O3S2/c22-17(20-16-5-3-4-15-14(16)8-9-19-15)12-13-6-7-18(25-13)26(23,24)21-10-1-2-11-21/h3-9,19H,1-2,10-12H2,(H,20,22). The van der Waals surface area contributed by atoms with Crippen LogP contribution in [0, 0.1) is 0 Å². The summed E-state index contributed by atoms with van der Waals surface area (Å²) in [5.74, 6) is -0.161. The van der Waals surface area contributed by atoms with Gasteiger partial charge in [0.05, 0.1) is 12.1 Å². The van der Waals surface area contributed by atoms with Gasteiger partial charge in [-0.3, -0.25) is 4.79 Å². The Labute approximate surface area is 155 Å². The number of hydrogen-bond acceptors (Lipinski definition) is 4. The smallest absolute Gasteiger partial charge is 0.252 e. The zero-order valence-electron chi connectivity index (χ0n) is 14.1. The van der Waals surface area contributed by atoms with Crippen LogP contribution in [0.5, 0.6) is 0 Å². The van der Waals surface area contributed by atoms with Gasteiger partial charge in [-0.1, -0.05) is 6.07 Å². The summed E-state index contributed by atoms with van der Waals surface area (Å²) in [6, 6.07) is 10.9. The number of nitrogens with zero attached hydrogens (tertiary/aromatic N) is 1. The van der Waals surface area contributed by atoms with E-state index < -0.39 is 10.0 Å². The van der Waals surface area contributed by atoms with Gasteiger partial charge in [0, 0.05) is 35.1 Å². The van der Waals surface area contributed by atoms with Gasteiger partial charge in [0.25, 0.3) is 10.0 Å². The van der Waals surface area contributed by atoms with Crippen LogP contribution in [0.2, 0.25) is 0 Å². The van der Waals surface area contributed by atoms with Gasteiger partial charge in [-0.2, -0.15) is 4.31 Å². The minimum atomic E-state index is -3.42. The Morgan fingerprint density at radius 3 is 2.77 bits per heavy atom. The maximum atomic E-state index is 12.6. The molecule has 0 saturated carbocycles. The van der Waals surface area contributed by atoms with Crippen molar-refractivity contribution in [1.29, 1.82) is 0 Å². The highest BCUT2D eigenvalue weighted by molar-refractivity contribution is 7.91. The monoisotopic (exact) mass is 389 g/mol. The summed E-state index contributed by atoms with van der Waals surface area (Å²) in [7, 11) is -3.42. The van der Waals surface area contributed by atoms with Crippen molar-refractivity contribution in [3.05, 3.63) is 47.5 Å². The molecule has 0 aliphatic carbocycles. The van der Waals surface area contributed by atoms with Crippen LogP contribution in [0.4, 0.5) is 5.69 Å². The summed E-state index contributed by atoms with van der Waals surface area (Å²) in [5.41, 5.74) is 1.70. The lowest BCUT2D eigenvalue weighted by Crippen LogP contribution is -2.27. The summed E-state index contributed by atoms with van der Waals surface area (Å²) in [5, 5.41) is 3.86. The Kier molecular flexibility index (Phi) is 4.56. The molecule has 3 heterocycles. The Hall–Kier alpha value is -2.16. The highest BCUT2D eigenvalue weighted by Gasteiger charge is 2.28. The number of carbonyl (C=O) groups excluding carboxylic acids is 1. The summed E-state index contributed by atoms with van der Waals surface area (Å²) < 4.78 is 27.0. The van der Waals surface area contributed by atoms with E-state index in [0.717, 1.165) is 34.3 Å². The predicted octanol–water partition coefficient (Wildman–Crippen LogP) is 3.20. The Bertz CT molecular complexity index is 1050. The maximum absolute atomic E-state index is 12.6. The average Bonchev–Trinajstić information content (AvgIpc) is 3.36. The lowest BCUT2D eigenvalue weighted by atomic mass is 10.2. The molecule has 1 fully saturated rings. The van der Waals surface area contributed by atoms with Crippen molar-refractivity contribution in [1.82, 2.24) is 9.29 Å². The van der Waals surface area contributed by atoms with E-state index in [1.807, 2.05) is 30.5 Å². The topological polar surface area (TPSA) is 82.3 Å². The molecule has 2 aromatic heterocycles. The van der Waals surface area contributed by atoms with E-state index in [0.29, 0.717) is 17.3 Å². The minimum absolute atomic E-state index is 0.154. The first-order valence-corrected chi connectivity index (χ1v) is 10.7. The second-order valence-electron chi connectivity index (χ2n) is 6.30. The fourth-order valence-corrected chi connectivity index (χ4v) is 6.22. The number of anilines is 1. The second kappa shape index (κ2) is 6.86. The van der Waals surface area contributed by atoms with Crippen molar-refractivity contribution in [2.75, 3.05) is 18.4 Å². The second-order valence-corrected chi connectivity index (χ2v) is 9.63. The van der Waals surface area contributed by atoms with E-state index in [1.54, 1.807) is 12.1 Å². The van der Waals surface area contributed by atoms with Gasteiger partial charge in [-0.25, -0.2) is 8.42 Å². The number of thiophene rings is 1. The number of amides is 1. The number of carbonyl (C=O) groups is 1. The lowest BCUT2D eigenvalue weighted by Gasteiger charge is -2.13. The fraction of sp³-hybridized carbons (Fsp3) is 0.278. The van der Waals surface area contributed by atoms with Gasteiger partial charge in [0.1, 0.15) is 4.21 Å². The molecule has 6 nitrogen and oxygen atoms in total. The first-order chi connectivity index (χ1) is 12.5. The van der Waals surface area contributed by atoms with Crippen LogP contribution in [-0.4, -0.2) is 36.7 Å². The van der Waals surface area contributed by atoms with Gasteiger partial charge in [0.2, 0.25) is 5.91 Å². The van der Waals surface area contributed by atoms with E-state index in [1.165, 1.54) is 15.6 Å². The molecule has 26 heavy (non-hydrogen) atoms. The number of aromatic nitrogens is 1. The molecule has 0 bridgehead atoms. The van der Waals surface area contributed by atoms with E-state index in [2.05, 4.69) is 10.3 Å². The molecule has 0 atom stereocenters. The maximum Gasteiger partial charge on any atom is 0.252 e. The molecule has 1 saturated heterocycles. The highest BCUT2D eigenvalue weighted by Crippen LogP contribution is 2.28. The van der Waals surface area contributed by atoms with Crippen LogP contribution in [0.15, 0.2) is 46.8 Å². The van der Waals surface area contributed by atoms with Crippen molar-refractivity contribution in [3.63, 3.8) is 0 Å². The van der Waals surface area contributed by atoms with E-state index >= 15 is 0 Å². The molecule has 2 N–H and O–H groups in total. The quantitative estimate of drug-likeness (QED) is 0.703. The summed E-state index contributed by atoms with van der Waals surface area (Å²) in [4.78, 5) is 16.2. The number of benzene rings is 1. The zero-order valence-corrected chi connectivity index (χ0v) is 15.7. The molecular formula is C18H19N3O3S2. The number of H-pyrrole nitrogens is 1. The van der Waals surface area contributed by atoms with Gasteiger partial charge < -0.3 is 10.3 Å². The predicted molar refractivity (Wildman–Crippen MR) is 103 cm³/mol. The zero-order chi connectivity index (χ0) is 18.1. The Morgan fingerprint density at radius 1 is 1.15 bits per heavy atom. The Morgan fingerprint density at radius 2 is 1.96 bits per heavy atom. The molecule has 1 amide bonds. The van der Waals surface area contributed by atoms with Crippen molar-refractivity contribution < 1.29 is 13.2 Å². The van der Waals surface area contributed by atoms with E-state index in [4.69, 9.17) is 0 Å². The number of rotatable bonds is 5. The van der Waals surface area contributed by atoms with Crippen molar-refractivity contribution >= 4 is 43.9 Å². The van der Waals surface area contributed by atoms with Gasteiger partial charge >= 0.3 is 0 Å². The van der Waals surface area contributed by atoms with E-state index in [-0.39, 0.29) is 12.3 Å². The number of fused-ring (bicyclic) bond motifs is 1. The van der Waals surface area contributed by atoms with Crippen molar-refractivity contribution in [3.8, 4) is 0 Å². The third-order valence-corrected chi connectivity index (χ3v) is 7.95. The summed E-state index contributed by atoms with van der Waals surface area (Å²) in [6.45, 7) is 1.16. The lowest BCUT2D eigenvalue weighted by molar-refractivity contribution is -0.115. The van der Waals surface area contributed by atoms with Crippen LogP contribution in [0.1, 0.15) is 17.7 Å². The molecular weight excluding hydrogens is 370 g/mol. The first-order valence-electron chi connectivity index (χ1n) is 8.49. The van der Waals surface area contributed by atoms with E-state index in [9.17, 15) is 13.2 Å². The van der Waals surface area contributed by atoms with Crippen LogP contribution >= 0.6 is 11.3 Å². The van der Waals surface area contributed by atoms with Crippen molar-refractivity contribution in [2.24, 2.45) is 0 Å². The summed E-state index contributed by atoms with van der Waals surface area (Å²) >= 11 is 1.17. The first kappa shape index (κ1) is 17.3. The molecule has 0 unspecified atom stereocenters. The van der Waals surface area contributed by atoms with Crippen LogP contribution in [-0.2, 0) is 21.2 Å². The third-order valence-electron chi connectivity index (χ3n) is 4.50. The van der Waals surface area contributed by atoms with Crippen LogP contribution in [0.3, 0.4) is 0 Å². The number of aromatic amines is 1. The minimum Gasteiger partial charge on any atom is -0.361 e. The molecule has 0 spiro atoms. The molecule has 1 aromatic carbocycles. The van der Waals surface area contributed by atoms with Gasteiger partial charge in [0.15, 0.2) is 0 Å². The molecule has 4 rings (SSSR count). The molecule has 3 aromatic rings. The number of hydrogen-bond donors (Lipinski definition) is 2. The fourth-order valence-electron chi connectivity index (χ4n) is 3.19. The van der Waals surface area contributed by atoms with Gasteiger partial charge in [-0.05, 0) is 43.2 Å². The van der Waals surface area contributed by atoms with Crippen LogP contribution < -0.4 is 5.32 Å². The van der Waals surface area contributed by atoms with Crippen molar-refractivity contribution in [2.45, 2.75) is 23.5 Å². The highest BCUT2D eigenvalue weighted by atomic mass is 32.2. The molecule has 8 heteroatoms. The molecule has 136 valence electrons. The molecule has 1 aliphatic rings. The van der Waals surface area contributed by atoms with Crippen LogP contribution in [0.25, 0.3) is 10.9 Å². The van der Waals surface area contributed by atoms with Gasteiger partial charge in [-0.15, -0.1) is 11.3 Å². The third kappa shape index (κ3) is 3.27. The molecule has 1 aliphatic heterocycles. The SMILES string of the molecule is O=C(Cc1ccc(S(=O)(=O)N2CCCC2)s1)Nc1cccc2[nH]ccc12. The average molecular weight is 390 g/mol.